The summed E-state index contributed by atoms with van der Waals surface area (Å²) in [6.45, 7) is 6.73. The number of hydrogen-bond donors (Lipinski definition) is 0. The van der Waals surface area contributed by atoms with Crippen LogP contribution < -0.4 is 0 Å². The Hall–Kier alpha value is -2.42. The van der Waals surface area contributed by atoms with Gasteiger partial charge in [-0.05, 0) is 30.4 Å². The predicted molar refractivity (Wildman–Crippen MR) is 109 cm³/mol. The molecule has 9 heteroatoms. The molecule has 0 radical (unpaired) electrons. The topological polar surface area (TPSA) is 50.5 Å². The van der Waals surface area contributed by atoms with Crippen molar-refractivity contribution in [3.63, 3.8) is 0 Å². The van der Waals surface area contributed by atoms with E-state index in [9.17, 15) is 18.0 Å². The number of likely N-dealkylation sites (tertiary alicyclic amines) is 1. The Morgan fingerprint density at radius 1 is 1.23 bits per heavy atom. The summed E-state index contributed by atoms with van der Waals surface area (Å²) >= 11 is 1.34. The Labute approximate surface area is 176 Å². The summed E-state index contributed by atoms with van der Waals surface area (Å²) in [4.78, 5) is 19.6. The van der Waals surface area contributed by atoms with Gasteiger partial charge in [-0.3, -0.25) is 4.79 Å². The van der Waals surface area contributed by atoms with E-state index in [1.165, 1.54) is 11.3 Å². The minimum Gasteiger partial charge on any atom is -0.342 e. The Morgan fingerprint density at radius 2 is 2.00 bits per heavy atom. The van der Waals surface area contributed by atoms with E-state index in [2.05, 4.69) is 10.1 Å². The molecule has 1 fully saturated rings. The molecule has 160 valence electrons. The highest BCUT2D eigenvalue weighted by Gasteiger charge is 2.37. The summed E-state index contributed by atoms with van der Waals surface area (Å²) in [5, 5.41) is 6.09. The Morgan fingerprint density at radius 3 is 2.63 bits per heavy atom. The lowest BCUT2D eigenvalue weighted by atomic mass is 9.90. The number of alkyl halides is 3. The van der Waals surface area contributed by atoms with Gasteiger partial charge in [-0.15, -0.1) is 11.3 Å². The molecule has 1 saturated heterocycles. The molecule has 0 aliphatic carbocycles. The van der Waals surface area contributed by atoms with Gasteiger partial charge in [0.2, 0.25) is 5.91 Å². The maximum atomic E-state index is 13.8. The molecule has 30 heavy (non-hydrogen) atoms. The molecule has 0 N–H and O–H groups in total. The molecule has 4 heterocycles. The molecule has 0 aromatic carbocycles. The molecule has 0 bridgehead atoms. The maximum Gasteiger partial charge on any atom is 0.433 e. The zero-order valence-electron chi connectivity index (χ0n) is 17.0. The van der Waals surface area contributed by atoms with E-state index in [-0.39, 0.29) is 23.2 Å². The molecule has 1 amide bonds. The lowest BCUT2D eigenvalue weighted by Gasteiger charge is -2.35. The number of thiophene rings is 1. The smallest absolute Gasteiger partial charge is 0.342 e. The molecule has 4 rings (SSSR count). The summed E-state index contributed by atoms with van der Waals surface area (Å²) in [6, 6.07) is 6.20. The maximum absolute atomic E-state index is 13.8. The molecule has 0 saturated carbocycles. The van der Waals surface area contributed by atoms with Crippen molar-refractivity contribution in [2.75, 3.05) is 13.1 Å². The van der Waals surface area contributed by atoms with Crippen molar-refractivity contribution in [2.45, 2.75) is 45.7 Å². The SMILES string of the molecule is CC(C)(C)C(=O)N1CCC[C@@H](c2cc3nc(-c4cccs4)cc(C(F)(F)F)n3n2)C1. The molecule has 5 nitrogen and oxygen atoms in total. The van der Waals surface area contributed by atoms with E-state index in [1.807, 2.05) is 20.8 Å². The third-order valence-electron chi connectivity index (χ3n) is 5.28. The summed E-state index contributed by atoms with van der Waals surface area (Å²) in [5.74, 6) is -0.0666. The minimum absolute atomic E-state index is 0.0463. The molecule has 1 atom stereocenters. The number of rotatable bonds is 2. The van der Waals surface area contributed by atoms with Crippen LogP contribution in [0.5, 0.6) is 0 Å². The van der Waals surface area contributed by atoms with Crippen molar-refractivity contribution in [1.29, 1.82) is 0 Å². The number of carbonyl (C=O) groups is 1. The highest BCUT2D eigenvalue weighted by Crippen LogP contribution is 2.35. The van der Waals surface area contributed by atoms with Gasteiger partial charge in [0, 0.05) is 30.5 Å². The number of fused-ring (bicyclic) bond motifs is 1. The van der Waals surface area contributed by atoms with Gasteiger partial charge in [-0.1, -0.05) is 26.8 Å². The second kappa shape index (κ2) is 7.37. The zero-order valence-corrected chi connectivity index (χ0v) is 17.8. The number of carbonyl (C=O) groups excluding carboxylic acids is 1. The average molecular weight is 437 g/mol. The van der Waals surface area contributed by atoms with Crippen molar-refractivity contribution >= 4 is 22.9 Å². The Balaban J connectivity index is 1.73. The van der Waals surface area contributed by atoms with Crippen LogP contribution in [0.2, 0.25) is 0 Å². The first-order chi connectivity index (χ1) is 14.0. The van der Waals surface area contributed by atoms with E-state index in [0.717, 1.165) is 23.4 Å². The summed E-state index contributed by atoms with van der Waals surface area (Å²) in [6.07, 6.45) is -2.99. The predicted octanol–water partition coefficient (Wildman–Crippen LogP) is 5.23. The number of amides is 1. The first-order valence-corrected chi connectivity index (χ1v) is 10.7. The lowest BCUT2D eigenvalue weighted by molar-refractivity contribution is -0.142. The molecule has 1 aliphatic heterocycles. The summed E-state index contributed by atoms with van der Waals surface area (Å²) in [7, 11) is 0. The van der Waals surface area contributed by atoms with E-state index < -0.39 is 17.3 Å². The number of aromatic nitrogens is 3. The molecule has 3 aromatic heterocycles. The van der Waals surface area contributed by atoms with Crippen LogP contribution in [0.4, 0.5) is 13.2 Å². The third kappa shape index (κ3) is 3.95. The first kappa shape index (κ1) is 20.8. The highest BCUT2D eigenvalue weighted by molar-refractivity contribution is 7.13. The van der Waals surface area contributed by atoms with Gasteiger partial charge < -0.3 is 4.90 Å². The van der Waals surface area contributed by atoms with Crippen LogP contribution >= 0.6 is 11.3 Å². The second-order valence-electron chi connectivity index (χ2n) is 8.68. The van der Waals surface area contributed by atoms with Crippen LogP contribution in [0, 0.1) is 5.41 Å². The van der Waals surface area contributed by atoms with E-state index >= 15 is 0 Å². The minimum atomic E-state index is -4.56. The number of nitrogens with zero attached hydrogens (tertiary/aromatic N) is 4. The highest BCUT2D eigenvalue weighted by atomic mass is 32.1. The quantitative estimate of drug-likeness (QED) is 0.553. The van der Waals surface area contributed by atoms with Crippen molar-refractivity contribution in [1.82, 2.24) is 19.5 Å². The molecule has 0 unspecified atom stereocenters. The summed E-state index contributed by atoms with van der Waals surface area (Å²) < 4.78 is 42.1. The van der Waals surface area contributed by atoms with E-state index in [4.69, 9.17) is 0 Å². The van der Waals surface area contributed by atoms with Crippen LogP contribution in [-0.4, -0.2) is 38.5 Å². The van der Waals surface area contributed by atoms with Crippen LogP contribution in [0.1, 0.15) is 50.9 Å². The van der Waals surface area contributed by atoms with Gasteiger partial charge >= 0.3 is 6.18 Å². The van der Waals surface area contributed by atoms with Gasteiger partial charge in [0.15, 0.2) is 11.3 Å². The molecule has 1 aliphatic rings. The van der Waals surface area contributed by atoms with Crippen LogP contribution in [-0.2, 0) is 11.0 Å². The van der Waals surface area contributed by atoms with Gasteiger partial charge in [0.05, 0.1) is 16.3 Å². The van der Waals surface area contributed by atoms with Gasteiger partial charge in [0.25, 0.3) is 0 Å². The average Bonchev–Trinajstić information content (AvgIpc) is 3.34. The molecular formula is C21H23F3N4OS. The fourth-order valence-electron chi connectivity index (χ4n) is 3.82. The van der Waals surface area contributed by atoms with E-state index in [0.29, 0.717) is 23.7 Å². The lowest BCUT2D eigenvalue weighted by Crippen LogP contribution is -2.44. The van der Waals surface area contributed by atoms with E-state index in [1.54, 1.807) is 28.5 Å². The van der Waals surface area contributed by atoms with Crippen molar-refractivity contribution < 1.29 is 18.0 Å². The normalized spacial score (nSPS) is 18.2. The number of piperidine rings is 1. The fourth-order valence-corrected chi connectivity index (χ4v) is 4.51. The molecular weight excluding hydrogens is 413 g/mol. The monoisotopic (exact) mass is 436 g/mol. The Kier molecular flexibility index (Phi) is 5.12. The largest absolute Gasteiger partial charge is 0.433 e. The van der Waals surface area contributed by atoms with Crippen LogP contribution in [0.3, 0.4) is 0 Å². The Bertz CT molecular complexity index is 1070. The third-order valence-corrected chi connectivity index (χ3v) is 6.17. The van der Waals surface area contributed by atoms with Gasteiger partial charge in [0.1, 0.15) is 0 Å². The zero-order chi connectivity index (χ0) is 21.7. The second-order valence-corrected chi connectivity index (χ2v) is 9.63. The number of hydrogen-bond acceptors (Lipinski definition) is 4. The fraction of sp³-hybridized carbons (Fsp3) is 0.476. The summed E-state index contributed by atoms with van der Waals surface area (Å²) in [5.41, 5.74) is -0.350. The molecule has 0 spiro atoms. The van der Waals surface area contributed by atoms with Crippen molar-refractivity contribution in [3.05, 3.63) is 41.0 Å². The van der Waals surface area contributed by atoms with Crippen LogP contribution in [0.15, 0.2) is 29.6 Å². The van der Waals surface area contributed by atoms with Gasteiger partial charge in [-0.25, -0.2) is 9.50 Å². The van der Waals surface area contributed by atoms with Gasteiger partial charge in [-0.2, -0.15) is 18.3 Å². The van der Waals surface area contributed by atoms with Crippen molar-refractivity contribution in [3.8, 4) is 10.6 Å². The van der Waals surface area contributed by atoms with Crippen molar-refractivity contribution in [2.24, 2.45) is 5.41 Å². The standard InChI is InChI=1S/C21H23F3N4OS/c1-20(2,3)19(29)27-8-4-6-13(12-27)14-11-18-25-15(16-7-5-9-30-16)10-17(21(22,23)24)28(18)26-14/h5,7,9-11,13H,4,6,8,12H2,1-3H3/t13-/m1/s1. The van der Waals surface area contributed by atoms with Crippen LogP contribution in [0.25, 0.3) is 16.2 Å². The first-order valence-electron chi connectivity index (χ1n) is 9.85. The number of halogens is 3. The molecule has 3 aromatic rings.